The zero-order valence-electron chi connectivity index (χ0n) is 6.79. The summed E-state index contributed by atoms with van der Waals surface area (Å²) in [5.74, 6) is -0.245. The van der Waals surface area contributed by atoms with Crippen LogP contribution in [0.3, 0.4) is 0 Å². The van der Waals surface area contributed by atoms with E-state index in [1.165, 1.54) is 0 Å². The first-order chi connectivity index (χ1) is 6.27. The monoisotopic (exact) mass is 197 g/mol. The third-order valence-electron chi connectivity index (χ3n) is 1.87. The molecule has 1 aliphatic heterocycles. The Morgan fingerprint density at radius 1 is 1.46 bits per heavy atom. The highest BCUT2D eigenvalue weighted by Gasteiger charge is 2.25. The highest BCUT2D eigenvalue weighted by atomic mass is 35.5. The van der Waals surface area contributed by atoms with E-state index in [0.29, 0.717) is 5.02 Å². The van der Waals surface area contributed by atoms with Crippen molar-refractivity contribution in [3.05, 3.63) is 34.9 Å². The molecule has 3 nitrogen and oxygen atoms in total. The molecule has 1 unspecified atom stereocenters. The van der Waals surface area contributed by atoms with Crippen molar-refractivity contribution in [3.63, 3.8) is 0 Å². The number of nitrogens with one attached hydrogen (secondary N) is 1. The fourth-order valence-corrected chi connectivity index (χ4v) is 1.49. The summed E-state index contributed by atoms with van der Waals surface area (Å²) in [7, 11) is 0. The maximum Gasteiger partial charge on any atom is 0.321 e. The van der Waals surface area contributed by atoms with Crippen LogP contribution in [0.2, 0.25) is 5.02 Å². The summed E-state index contributed by atoms with van der Waals surface area (Å²) in [6.07, 6.45) is -0.388. The van der Waals surface area contributed by atoms with Gasteiger partial charge in [-0.05, 0) is 6.07 Å². The van der Waals surface area contributed by atoms with Gasteiger partial charge in [-0.1, -0.05) is 29.8 Å². The van der Waals surface area contributed by atoms with Crippen LogP contribution in [0.4, 0.5) is 0 Å². The standard InChI is InChI=1S/C9H8ClNO2/c10-7-4-2-1-3-6(7)9-11-5-8(12)13-9/h1-4,9,11H,5H2. The molecule has 1 atom stereocenters. The Balaban J connectivity index is 2.26. The lowest BCUT2D eigenvalue weighted by Gasteiger charge is -2.10. The Kier molecular flexibility index (Phi) is 2.20. The minimum atomic E-state index is -0.388. The molecule has 0 saturated carbocycles. The van der Waals surface area contributed by atoms with Gasteiger partial charge in [0.2, 0.25) is 0 Å². The number of carbonyl (C=O) groups is 1. The van der Waals surface area contributed by atoms with Crippen molar-refractivity contribution < 1.29 is 9.53 Å². The number of ether oxygens (including phenoxy) is 1. The molecule has 0 aromatic heterocycles. The number of halogens is 1. The van der Waals surface area contributed by atoms with Crippen LogP contribution in [-0.2, 0) is 9.53 Å². The number of carbonyl (C=O) groups excluding carboxylic acids is 1. The van der Waals surface area contributed by atoms with E-state index < -0.39 is 0 Å². The zero-order valence-corrected chi connectivity index (χ0v) is 7.54. The van der Waals surface area contributed by atoms with Crippen LogP contribution in [0, 0.1) is 0 Å². The highest BCUT2D eigenvalue weighted by Crippen LogP contribution is 2.25. The van der Waals surface area contributed by atoms with Crippen molar-refractivity contribution in [1.29, 1.82) is 0 Å². The van der Waals surface area contributed by atoms with Crippen molar-refractivity contribution in [3.8, 4) is 0 Å². The number of benzene rings is 1. The number of cyclic esters (lactones) is 1. The summed E-state index contributed by atoms with van der Waals surface area (Å²) in [6, 6.07) is 7.29. The predicted octanol–water partition coefficient (Wildman–Crippen LogP) is 1.49. The SMILES string of the molecule is O=C1CNC(c2ccccc2Cl)O1. The second kappa shape index (κ2) is 3.36. The number of esters is 1. The summed E-state index contributed by atoms with van der Waals surface area (Å²) in [5, 5.41) is 3.51. The quantitative estimate of drug-likeness (QED) is 0.694. The van der Waals surface area contributed by atoms with Crippen LogP contribution in [0.5, 0.6) is 0 Å². The lowest BCUT2D eigenvalue weighted by atomic mass is 10.2. The Morgan fingerprint density at radius 3 is 2.85 bits per heavy atom. The molecule has 0 amide bonds. The molecule has 1 saturated heterocycles. The van der Waals surface area contributed by atoms with E-state index in [2.05, 4.69) is 5.32 Å². The van der Waals surface area contributed by atoms with Gasteiger partial charge in [0.05, 0.1) is 6.54 Å². The summed E-state index contributed by atoms with van der Waals surface area (Å²) >= 11 is 5.92. The minimum absolute atomic E-state index is 0.245. The lowest BCUT2D eigenvalue weighted by Crippen LogP contribution is -2.14. The molecule has 0 aliphatic carbocycles. The van der Waals surface area contributed by atoms with Gasteiger partial charge < -0.3 is 4.74 Å². The van der Waals surface area contributed by atoms with E-state index in [0.717, 1.165) is 5.56 Å². The molecular weight excluding hydrogens is 190 g/mol. The first-order valence-corrected chi connectivity index (χ1v) is 4.32. The average Bonchev–Trinajstić information content (AvgIpc) is 2.53. The molecule has 13 heavy (non-hydrogen) atoms. The first-order valence-electron chi connectivity index (χ1n) is 3.94. The number of hydrogen-bond acceptors (Lipinski definition) is 3. The maximum absolute atomic E-state index is 10.8. The summed E-state index contributed by atoms with van der Waals surface area (Å²) < 4.78 is 4.99. The van der Waals surface area contributed by atoms with E-state index in [1.807, 2.05) is 18.2 Å². The van der Waals surface area contributed by atoms with Crippen LogP contribution >= 0.6 is 11.6 Å². The van der Waals surface area contributed by atoms with Crippen LogP contribution in [-0.4, -0.2) is 12.5 Å². The highest BCUT2D eigenvalue weighted by molar-refractivity contribution is 6.31. The third-order valence-corrected chi connectivity index (χ3v) is 2.21. The number of rotatable bonds is 1. The molecule has 0 radical (unpaired) electrons. The van der Waals surface area contributed by atoms with Crippen molar-refractivity contribution in [2.75, 3.05) is 6.54 Å². The zero-order chi connectivity index (χ0) is 9.26. The third kappa shape index (κ3) is 1.66. The molecular formula is C9H8ClNO2. The predicted molar refractivity (Wildman–Crippen MR) is 48.3 cm³/mol. The van der Waals surface area contributed by atoms with E-state index in [9.17, 15) is 4.79 Å². The molecule has 1 fully saturated rings. The van der Waals surface area contributed by atoms with Crippen LogP contribution in [0.15, 0.2) is 24.3 Å². The largest absolute Gasteiger partial charge is 0.441 e. The molecule has 1 heterocycles. The van der Waals surface area contributed by atoms with Gasteiger partial charge in [0, 0.05) is 10.6 Å². The molecule has 1 aromatic carbocycles. The molecule has 0 spiro atoms. The van der Waals surface area contributed by atoms with E-state index >= 15 is 0 Å². The fourth-order valence-electron chi connectivity index (χ4n) is 1.25. The van der Waals surface area contributed by atoms with Gasteiger partial charge >= 0.3 is 5.97 Å². The topological polar surface area (TPSA) is 38.3 Å². The normalized spacial score (nSPS) is 21.6. The van der Waals surface area contributed by atoms with Crippen molar-refractivity contribution in [1.82, 2.24) is 5.32 Å². The Bertz CT molecular complexity index is 340. The van der Waals surface area contributed by atoms with Gasteiger partial charge in [0.1, 0.15) is 0 Å². The Hall–Kier alpha value is -1.06. The molecule has 4 heteroatoms. The molecule has 1 N–H and O–H groups in total. The van der Waals surface area contributed by atoms with Crippen molar-refractivity contribution in [2.45, 2.75) is 6.23 Å². The van der Waals surface area contributed by atoms with Gasteiger partial charge in [0.15, 0.2) is 6.23 Å². The fraction of sp³-hybridized carbons (Fsp3) is 0.222. The van der Waals surface area contributed by atoms with Crippen LogP contribution < -0.4 is 5.32 Å². The molecule has 0 bridgehead atoms. The number of hydrogen-bond donors (Lipinski definition) is 1. The Morgan fingerprint density at radius 2 is 2.23 bits per heavy atom. The van der Waals surface area contributed by atoms with E-state index in [-0.39, 0.29) is 18.7 Å². The van der Waals surface area contributed by atoms with Crippen molar-refractivity contribution >= 4 is 17.6 Å². The van der Waals surface area contributed by atoms with E-state index in [4.69, 9.17) is 16.3 Å². The summed E-state index contributed by atoms with van der Waals surface area (Å²) in [5.41, 5.74) is 0.801. The maximum atomic E-state index is 10.8. The van der Waals surface area contributed by atoms with Gasteiger partial charge in [-0.2, -0.15) is 0 Å². The molecule has 1 aromatic rings. The Labute approximate surface area is 80.6 Å². The summed E-state index contributed by atoms with van der Waals surface area (Å²) in [6.45, 7) is 0.246. The second-order valence-electron chi connectivity index (χ2n) is 2.77. The molecule has 68 valence electrons. The molecule has 2 rings (SSSR count). The first kappa shape index (κ1) is 8.53. The lowest BCUT2D eigenvalue weighted by molar-refractivity contribution is -0.140. The summed E-state index contributed by atoms with van der Waals surface area (Å²) in [4.78, 5) is 10.8. The van der Waals surface area contributed by atoms with Gasteiger partial charge in [0.25, 0.3) is 0 Å². The van der Waals surface area contributed by atoms with Crippen molar-refractivity contribution in [2.24, 2.45) is 0 Å². The van der Waals surface area contributed by atoms with Gasteiger partial charge in [-0.15, -0.1) is 0 Å². The van der Waals surface area contributed by atoms with E-state index in [1.54, 1.807) is 6.07 Å². The van der Waals surface area contributed by atoms with Crippen LogP contribution in [0.1, 0.15) is 11.8 Å². The average molecular weight is 198 g/mol. The van der Waals surface area contributed by atoms with Gasteiger partial charge in [-0.25, -0.2) is 0 Å². The van der Waals surface area contributed by atoms with Gasteiger partial charge in [-0.3, -0.25) is 10.1 Å². The van der Waals surface area contributed by atoms with Crippen LogP contribution in [0.25, 0.3) is 0 Å². The smallest absolute Gasteiger partial charge is 0.321 e. The minimum Gasteiger partial charge on any atom is -0.441 e. The molecule has 1 aliphatic rings. The second-order valence-corrected chi connectivity index (χ2v) is 3.18.